The van der Waals surface area contributed by atoms with Gasteiger partial charge in [0.25, 0.3) is 0 Å². The fourth-order valence-electron chi connectivity index (χ4n) is 1.95. The number of amides is 1. The number of rotatable bonds is 5. The first-order chi connectivity index (χ1) is 10.1. The summed E-state index contributed by atoms with van der Waals surface area (Å²) in [6.07, 6.45) is 0. The van der Waals surface area contributed by atoms with Crippen LogP contribution in [-0.2, 0) is 4.79 Å². The molecule has 2 aromatic carbocycles. The second-order valence-electron chi connectivity index (χ2n) is 4.73. The largest absolute Gasteiger partial charge is 0.485 e. The normalized spacial score (nSPS) is 10.0. The van der Waals surface area contributed by atoms with E-state index >= 15 is 0 Å². The second-order valence-corrected chi connectivity index (χ2v) is 4.73. The summed E-state index contributed by atoms with van der Waals surface area (Å²) in [5.74, 6) is 0.406. The number of nitrogens with one attached hydrogen (secondary N) is 1. The number of aryl methyl sites for hydroxylation is 1. The van der Waals surface area contributed by atoms with Gasteiger partial charge in [-0.2, -0.15) is 0 Å². The molecule has 0 aromatic heterocycles. The zero-order valence-corrected chi connectivity index (χ0v) is 12.1. The maximum absolute atomic E-state index is 12.1. The van der Waals surface area contributed by atoms with E-state index in [0.29, 0.717) is 17.0 Å². The predicted octanol–water partition coefficient (Wildman–Crippen LogP) is 3.22. The van der Waals surface area contributed by atoms with E-state index in [4.69, 9.17) is 4.74 Å². The summed E-state index contributed by atoms with van der Waals surface area (Å²) in [5.41, 5.74) is 2.31. The average Bonchev–Trinajstić information content (AvgIpc) is 2.46. The lowest BCUT2D eigenvalue weighted by Crippen LogP contribution is -2.12. The van der Waals surface area contributed by atoms with Crippen molar-refractivity contribution in [1.82, 2.24) is 0 Å². The van der Waals surface area contributed by atoms with Crippen LogP contribution < -0.4 is 10.1 Å². The molecule has 0 fully saturated rings. The standard InChI is InChI=1S/C17H17NO3/c1-12-5-3-4-6-16(12)17(20)11-21-15-9-7-14(8-10-15)18-13(2)19/h3-10H,11H2,1-2H3,(H,18,19). The molecule has 108 valence electrons. The van der Waals surface area contributed by atoms with E-state index in [2.05, 4.69) is 5.32 Å². The predicted molar refractivity (Wildman–Crippen MR) is 81.8 cm³/mol. The molecule has 2 aromatic rings. The Morgan fingerprint density at radius 3 is 2.33 bits per heavy atom. The highest BCUT2D eigenvalue weighted by Crippen LogP contribution is 2.16. The zero-order valence-electron chi connectivity index (χ0n) is 12.1. The molecule has 0 aliphatic carbocycles. The van der Waals surface area contributed by atoms with Crippen LogP contribution in [0.2, 0.25) is 0 Å². The van der Waals surface area contributed by atoms with Gasteiger partial charge in [0.2, 0.25) is 5.91 Å². The Morgan fingerprint density at radius 2 is 1.71 bits per heavy atom. The van der Waals surface area contributed by atoms with Crippen LogP contribution in [-0.4, -0.2) is 18.3 Å². The highest BCUT2D eigenvalue weighted by atomic mass is 16.5. The van der Waals surface area contributed by atoms with Crippen molar-refractivity contribution in [2.45, 2.75) is 13.8 Å². The minimum atomic E-state index is -0.126. The molecule has 1 amide bonds. The van der Waals surface area contributed by atoms with Gasteiger partial charge in [0.15, 0.2) is 12.4 Å². The third-order valence-electron chi connectivity index (χ3n) is 2.99. The number of anilines is 1. The van der Waals surface area contributed by atoms with Crippen molar-refractivity contribution in [3.63, 3.8) is 0 Å². The molecule has 0 heterocycles. The van der Waals surface area contributed by atoms with Gasteiger partial charge in [0.05, 0.1) is 0 Å². The van der Waals surface area contributed by atoms with Gasteiger partial charge in [-0.3, -0.25) is 9.59 Å². The van der Waals surface area contributed by atoms with Crippen molar-refractivity contribution < 1.29 is 14.3 Å². The van der Waals surface area contributed by atoms with E-state index in [1.165, 1.54) is 6.92 Å². The summed E-state index contributed by atoms with van der Waals surface area (Å²) < 4.78 is 5.47. The Bertz CT molecular complexity index is 647. The summed E-state index contributed by atoms with van der Waals surface area (Å²) in [7, 11) is 0. The van der Waals surface area contributed by atoms with Crippen LogP contribution >= 0.6 is 0 Å². The van der Waals surface area contributed by atoms with Crippen molar-refractivity contribution in [3.8, 4) is 5.75 Å². The number of carbonyl (C=O) groups is 2. The van der Waals surface area contributed by atoms with Crippen LogP contribution in [0.15, 0.2) is 48.5 Å². The quantitative estimate of drug-likeness (QED) is 0.857. The van der Waals surface area contributed by atoms with Gasteiger partial charge in [0, 0.05) is 18.2 Å². The fraction of sp³-hybridized carbons (Fsp3) is 0.176. The van der Waals surface area contributed by atoms with Crippen LogP contribution in [0.5, 0.6) is 5.75 Å². The van der Waals surface area contributed by atoms with Crippen LogP contribution in [0.4, 0.5) is 5.69 Å². The Balaban J connectivity index is 1.95. The van der Waals surface area contributed by atoms with Crippen LogP contribution in [0, 0.1) is 6.92 Å². The average molecular weight is 283 g/mol. The van der Waals surface area contributed by atoms with Crippen molar-refractivity contribution in [3.05, 3.63) is 59.7 Å². The smallest absolute Gasteiger partial charge is 0.221 e. The molecule has 21 heavy (non-hydrogen) atoms. The molecule has 0 bridgehead atoms. The highest BCUT2D eigenvalue weighted by Gasteiger charge is 2.09. The molecule has 0 radical (unpaired) electrons. The number of carbonyl (C=O) groups excluding carboxylic acids is 2. The summed E-state index contributed by atoms with van der Waals surface area (Å²) in [6.45, 7) is 3.34. The monoisotopic (exact) mass is 283 g/mol. The third-order valence-corrected chi connectivity index (χ3v) is 2.99. The topological polar surface area (TPSA) is 55.4 Å². The van der Waals surface area contributed by atoms with Crippen molar-refractivity contribution in [2.24, 2.45) is 0 Å². The lowest BCUT2D eigenvalue weighted by atomic mass is 10.1. The summed E-state index contributed by atoms with van der Waals surface area (Å²) in [4.78, 5) is 23.0. The van der Waals surface area contributed by atoms with E-state index in [9.17, 15) is 9.59 Å². The number of benzene rings is 2. The van der Waals surface area contributed by atoms with E-state index in [1.807, 2.05) is 25.1 Å². The van der Waals surface area contributed by atoms with E-state index in [1.54, 1.807) is 30.3 Å². The van der Waals surface area contributed by atoms with Crippen LogP contribution in [0.1, 0.15) is 22.8 Å². The molecular formula is C17H17NO3. The first kappa shape index (κ1) is 14.8. The molecule has 0 saturated carbocycles. The molecule has 0 saturated heterocycles. The third kappa shape index (κ3) is 4.18. The van der Waals surface area contributed by atoms with Gasteiger partial charge in [0.1, 0.15) is 5.75 Å². The first-order valence-corrected chi connectivity index (χ1v) is 6.65. The van der Waals surface area contributed by atoms with Gasteiger partial charge in [-0.25, -0.2) is 0 Å². The van der Waals surface area contributed by atoms with Crippen LogP contribution in [0.3, 0.4) is 0 Å². The molecule has 0 atom stereocenters. The molecule has 4 heteroatoms. The molecule has 1 N–H and O–H groups in total. The fourth-order valence-corrected chi connectivity index (χ4v) is 1.95. The van der Waals surface area contributed by atoms with Gasteiger partial charge in [-0.1, -0.05) is 24.3 Å². The molecule has 0 aliphatic heterocycles. The lowest BCUT2D eigenvalue weighted by Gasteiger charge is -2.08. The molecule has 0 aliphatic rings. The maximum atomic E-state index is 12.1. The summed E-state index contributed by atoms with van der Waals surface area (Å²) in [5, 5.41) is 2.67. The van der Waals surface area contributed by atoms with E-state index in [-0.39, 0.29) is 18.3 Å². The Hall–Kier alpha value is -2.62. The summed E-state index contributed by atoms with van der Waals surface area (Å²) in [6, 6.07) is 14.3. The van der Waals surface area contributed by atoms with Crippen molar-refractivity contribution in [1.29, 1.82) is 0 Å². The summed E-state index contributed by atoms with van der Waals surface area (Å²) >= 11 is 0. The first-order valence-electron chi connectivity index (χ1n) is 6.65. The number of hydrogen-bond donors (Lipinski definition) is 1. The molecule has 0 unspecified atom stereocenters. The molecule has 2 rings (SSSR count). The molecular weight excluding hydrogens is 266 g/mol. The zero-order chi connectivity index (χ0) is 15.2. The molecule has 4 nitrogen and oxygen atoms in total. The minimum absolute atomic E-state index is 0.00959. The second kappa shape index (κ2) is 6.70. The minimum Gasteiger partial charge on any atom is -0.485 e. The highest BCUT2D eigenvalue weighted by molar-refractivity contribution is 5.98. The van der Waals surface area contributed by atoms with Gasteiger partial charge in [-0.05, 0) is 36.8 Å². The van der Waals surface area contributed by atoms with Gasteiger partial charge in [-0.15, -0.1) is 0 Å². The number of ketones is 1. The number of hydrogen-bond acceptors (Lipinski definition) is 3. The van der Waals surface area contributed by atoms with Gasteiger partial charge < -0.3 is 10.1 Å². The van der Waals surface area contributed by atoms with Gasteiger partial charge >= 0.3 is 0 Å². The lowest BCUT2D eigenvalue weighted by molar-refractivity contribution is -0.114. The Labute approximate surface area is 123 Å². The number of ether oxygens (including phenoxy) is 1. The Kier molecular flexibility index (Phi) is 4.72. The van der Waals surface area contributed by atoms with Crippen molar-refractivity contribution >= 4 is 17.4 Å². The van der Waals surface area contributed by atoms with Crippen molar-refractivity contribution in [2.75, 3.05) is 11.9 Å². The van der Waals surface area contributed by atoms with E-state index in [0.717, 1.165) is 5.56 Å². The van der Waals surface area contributed by atoms with Crippen LogP contribution in [0.25, 0.3) is 0 Å². The number of Topliss-reactive ketones (excluding diaryl/α,β-unsaturated/α-hetero) is 1. The Morgan fingerprint density at radius 1 is 1.05 bits per heavy atom. The maximum Gasteiger partial charge on any atom is 0.221 e. The van der Waals surface area contributed by atoms with E-state index < -0.39 is 0 Å². The molecule has 0 spiro atoms. The SMILES string of the molecule is CC(=O)Nc1ccc(OCC(=O)c2ccccc2C)cc1.